The highest BCUT2D eigenvalue weighted by molar-refractivity contribution is 5.87. The molecule has 6 heteroatoms. The SMILES string of the molecule is NC1(C(=O)NCC2(C(=O)O)CCC2)CCOCC1. The first-order chi connectivity index (χ1) is 8.49. The van der Waals surface area contributed by atoms with Crippen LogP contribution in [0.3, 0.4) is 0 Å². The Morgan fingerprint density at radius 1 is 1.22 bits per heavy atom. The van der Waals surface area contributed by atoms with Gasteiger partial charge in [0.05, 0.1) is 11.0 Å². The number of carbonyl (C=O) groups is 2. The Bertz CT molecular complexity index is 346. The van der Waals surface area contributed by atoms with Crippen molar-refractivity contribution in [3.63, 3.8) is 0 Å². The molecule has 18 heavy (non-hydrogen) atoms. The predicted molar refractivity (Wildman–Crippen MR) is 63.9 cm³/mol. The van der Waals surface area contributed by atoms with Crippen molar-refractivity contribution in [3.05, 3.63) is 0 Å². The molecule has 102 valence electrons. The quantitative estimate of drug-likeness (QED) is 0.650. The second-order valence-electron chi connectivity index (χ2n) is 5.39. The van der Waals surface area contributed by atoms with Crippen molar-refractivity contribution in [2.75, 3.05) is 19.8 Å². The first-order valence-corrected chi connectivity index (χ1v) is 6.37. The van der Waals surface area contributed by atoms with Crippen LogP contribution in [0.4, 0.5) is 0 Å². The number of hydrogen-bond acceptors (Lipinski definition) is 4. The lowest BCUT2D eigenvalue weighted by molar-refractivity contribution is -0.154. The molecule has 1 heterocycles. The molecule has 0 aromatic rings. The topological polar surface area (TPSA) is 102 Å². The highest BCUT2D eigenvalue weighted by Crippen LogP contribution is 2.40. The van der Waals surface area contributed by atoms with Crippen LogP contribution < -0.4 is 11.1 Å². The van der Waals surface area contributed by atoms with E-state index in [0.29, 0.717) is 38.9 Å². The van der Waals surface area contributed by atoms with Gasteiger partial charge in [0.2, 0.25) is 5.91 Å². The zero-order valence-corrected chi connectivity index (χ0v) is 10.4. The smallest absolute Gasteiger partial charge is 0.311 e. The normalized spacial score (nSPS) is 24.9. The van der Waals surface area contributed by atoms with Gasteiger partial charge in [0.1, 0.15) is 0 Å². The van der Waals surface area contributed by atoms with E-state index in [4.69, 9.17) is 15.6 Å². The molecule has 1 amide bonds. The van der Waals surface area contributed by atoms with Gasteiger partial charge in [0, 0.05) is 19.8 Å². The van der Waals surface area contributed by atoms with E-state index in [1.807, 2.05) is 0 Å². The second-order valence-corrected chi connectivity index (χ2v) is 5.39. The molecule has 0 unspecified atom stereocenters. The first-order valence-electron chi connectivity index (χ1n) is 6.37. The maximum atomic E-state index is 12.0. The summed E-state index contributed by atoms with van der Waals surface area (Å²) in [6.45, 7) is 1.14. The van der Waals surface area contributed by atoms with Gasteiger partial charge in [-0.05, 0) is 25.7 Å². The summed E-state index contributed by atoms with van der Waals surface area (Å²) < 4.78 is 5.18. The largest absolute Gasteiger partial charge is 0.481 e. The van der Waals surface area contributed by atoms with Crippen molar-refractivity contribution in [2.45, 2.75) is 37.6 Å². The molecule has 0 spiro atoms. The molecule has 2 aliphatic rings. The third-order valence-electron chi connectivity index (χ3n) is 4.19. The number of aliphatic carboxylic acids is 1. The van der Waals surface area contributed by atoms with Crippen LogP contribution in [-0.2, 0) is 14.3 Å². The lowest BCUT2D eigenvalue weighted by Crippen LogP contribution is -2.59. The summed E-state index contributed by atoms with van der Waals surface area (Å²) in [6, 6.07) is 0. The summed E-state index contributed by atoms with van der Waals surface area (Å²) >= 11 is 0. The van der Waals surface area contributed by atoms with Gasteiger partial charge in [0.25, 0.3) is 0 Å². The number of carboxylic acids is 1. The van der Waals surface area contributed by atoms with Crippen molar-refractivity contribution in [1.29, 1.82) is 0 Å². The zero-order chi connectivity index (χ0) is 13.2. The van der Waals surface area contributed by atoms with E-state index in [2.05, 4.69) is 5.32 Å². The van der Waals surface area contributed by atoms with E-state index in [9.17, 15) is 9.59 Å². The van der Waals surface area contributed by atoms with Crippen LogP contribution in [0.1, 0.15) is 32.1 Å². The Balaban J connectivity index is 1.89. The van der Waals surface area contributed by atoms with Gasteiger partial charge in [0.15, 0.2) is 0 Å². The molecule has 2 fully saturated rings. The van der Waals surface area contributed by atoms with E-state index < -0.39 is 16.9 Å². The van der Waals surface area contributed by atoms with E-state index in [0.717, 1.165) is 6.42 Å². The monoisotopic (exact) mass is 256 g/mol. The molecule has 4 N–H and O–H groups in total. The number of carboxylic acid groups (broad SMARTS) is 1. The van der Waals surface area contributed by atoms with E-state index in [1.54, 1.807) is 0 Å². The van der Waals surface area contributed by atoms with E-state index in [1.165, 1.54) is 0 Å². The predicted octanol–water partition coefficient (Wildman–Crippen LogP) is -0.135. The van der Waals surface area contributed by atoms with Gasteiger partial charge >= 0.3 is 5.97 Å². The average Bonchev–Trinajstić information content (AvgIpc) is 2.27. The van der Waals surface area contributed by atoms with Crippen molar-refractivity contribution in [3.8, 4) is 0 Å². The fourth-order valence-electron chi connectivity index (χ4n) is 2.46. The van der Waals surface area contributed by atoms with Crippen LogP contribution in [0, 0.1) is 5.41 Å². The van der Waals surface area contributed by atoms with Crippen LogP contribution in [0.25, 0.3) is 0 Å². The van der Waals surface area contributed by atoms with Crippen LogP contribution in [0.5, 0.6) is 0 Å². The second kappa shape index (κ2) is 4.85. The lowest BCUT2D eigenvalue weighted by atomic mass is 9.68. The molecule has 0 radical (unpaired) electrons. The molecule has 1 aliphatic heterocycles. The Morgan fingerprint density at radius 3 is 2.28 bits per heavy atom. The summed E-state index contributed by atoms with van der Waals surface area (Å²) in [6.07, 6.45) is 3.13. The molecule has 0 aromatic carbocycles. The van der Waals surface area contributed by atoms with Crippen LogP contribution in [-0.4, -0.2) is 42.3 Å². The number of rotatable bonds is 4. The van der Waals surface area contributed by atoms with Gasteiger partial charge in [-0.3, -0.25) is 9.59 Å². The molecular weight excluding hydrogens is 236 g/mol. The van der Waals surface area contributed by atoms with E-state index in [-0.39, 0.29) is 12.5 Å². The third kappa shape index (κ3) is 2.35. The molecule has 0 aromatic heterocycles. The summed E-state index contributed by atoms with van der Waals surface area (Å²) in [5.41, 5.74) is 4.36. The minimum Gasteiger partial charge on any atom is -0.481 e. The Labute approximate surface area is 106 Å². The minimum absolute atomic E-state index is 0.182. The highest BCUT2D eigenvalue weighted by atomic mass is 16.5. The molecular formula is C12H20N2O4. The van der Waals surface area contributed by atoms with Crippen molar-refractivity contribution in [1.82, 2.24) is 5.32 Å². The Hall–Kier alpha value is -1.14. The number of nitrogens with one attached hydrogen (secondary N) is 1. The van der Waals surface area contributed by atoms with E-state index >= 15 is 0 Å². The number of amides is 1. The summed E-state index contributed by atoms with van der Waals surface area (Å²) in [5.74, 6) is -1.08. The van der Waals surface area contributed by atoms with Gasteiger partial charge in [-0.25, -0.2) is 0 Å². The van der Waals surface area contributed by atoms with Crippen LogP contribution >= 0.6 is 0 Å². The van der Waals surface area contributed by atoms with Crippen LogP contribution in [0.15, 0.2) is 0 Å². The van der Waals surface area contributed by atoms with Gasteiger partial charge < -0.3 is 20.9 Å². The number of hydrogen-bond donors (Lipinski definition) is 3. The van der Waals surface area contributed by atoms with Crippen molar-refractivity contribution in [2.24, 2.45) is 11.1 Å². The minimum atomic E-state index is -0.901. The lowest BCUT2D eigenvalue weighted by Gasteiger charge is -2.39. The first kappa shape index (κ1) is 13.3. The summed E-state index contributed by atoms with van der Waals surface area (Å²) in [4.78, 5) is 23.2. The maximum Gasteiger partial charge on any atom is 0.311 e. The fourth-order valence-corrected chi connectivity index (χ4v) is 2.46. The summed E-state index contributed by atoms with van der Waals surface area (Å²) in [5, 5.41) is 11.9. The van der Waals surface area contributed by atoms with Crippen LogP contribution in [0.2, 0.25) is 0 Å². The third-order valence-corrected chi connectivity index (χ3v) is 4.19. The van der Waals surface area contributed by atoms with Crippen molar-refractivity contribution < 1.29 is 19.4 Å². The molecule has 0 bridgehead atoms. The highest BCUT2D eigenvalue weighted by Gasteiger charge is 2.45. The van der Waals surface area contributed by atoms with Gasteiger partial charge in [-0.15, -0.1) is 0 Å². The molecule has 0 atom stereocenters. The van der Waals surface area contributed by atoms with Gasteiger partial charge in [-0.2, -0.15) is 0 Å². The zero-order valence-electron chi connectivity index (χ0n) is 10.4. The van der Waals surface area contributed by atoms with Crippen molar-refractivity contribution >= 4 is 11.9 Å². The standard InChI is InChI=1S/C12H20N2O4/c13-12(4-6-18-7-5-12)9(15)14-8-11(10(16)17)2-1-3-11/h1-8,13H2,(H,14,15)(H,16,17). The maximum absolute atomic E-state index is 12.0. The molecule has 1 aliphatic carbocycles. The Morgan fingerprint density at radius 2 is 1.83 bits per heavy atom. The number of ether oxygens (including phenoxy) is 1. The average molecular weight is 256 g/mol. The molecule has 1 saturated carbocycles. The molecule has 2 rings (SSSR count). The number of carbonyl (C=O) groups excluding carboxylic acids is 1. The van der Waals surface area contributed by atoms with Gasteiger partial charge in [-0.1, -0.05) is 6.42 Å². The molecule has 1 saturated heterocycles. The number of nitrogens with two attached hydrogens (primary N) is 1. The molecule has 6 nitrogen and oxygen atoms in total. The Kier molecular flexibility index (Phi) is 3.59. The fraction of sp³-hybridized carbons (Fsp3) is 0.833. The summed E-state index contributed by atoms with van der Waals surface area (Å²) in [7, 11) is 0.